The summed E-state index contributed by atoms with van der Waals surface area (Å²) in [5, 5.41) is 0. The third-order valence-corrected chi connectivity index (χ3v) is 0.663. The molecule has 13 heavy (non-hydrogen) atoms. The van der Waals surface area contributed by atoms with E-state index in [4.69, 9.17) is 4.42 Å². The standard InChI is InChI=1S/C5H6O.C2H3F3.C2H6/c1-5-3-2-4-6-5;1-2(3,4)5;1-2/h2-4H,1H3;1H3;1-2H3. The molecule has 0 aliphatic rings. The van der Waals surface area contributed by atoms with Gasteiger partial charge in [0.25, 0.3) is 0 Å². The van der Waals surface area contributed by atoms with Gasteiger partial charge in [-0.15, -0.1) is 0 Å². The lowest BCUT2D eigenvalue weighted by Crippen LogP contribution is -1.95. The van der Waals surface area contributed by atoms with E-state index in [1.165, 1.54) is 0 Å². The predicted octanol–water partition coefficient (Wildman–Crippen LogP) is 4.18. The summed E-state index contributed by atoms with van der Waals surface area (Å²) in [4.78, 5) is 0. The molecule has 1 heterocycles. The van der Waals surface area contributed by atoms with Crippen LogP contribution in [-0.2, 0) is 0 Å². The first kappa shape index (κ1) is 14.6. The van der Waals surface area contributed by atoms with Crippen LogP contribution in [0.4, 0.5) is 13.2 Å². The third-order valence-electron chi connectivity index (χ3n) is 0.663. The smallest absolute Gasteiger partial charge is 0.386 e. The fraction of sp³-hybridized carbons (Fsp3) is 0.556. The van der Waals surface area contributed by atoms with Crippen molar-refractivity contribution in [3.05, 3.63) is 24.2 Å². The van der Waals surface area contributed by atoms with Crippen molar-refractivity contribution >= 4 is 0 Å². The molecule has 1 rings (SSSR count). The second-order valence-corrected chi connectivity index (χ2v) is 2.00. The Hall–Kier alpha value is -0.930. The summed E-state index contributed by atoms with van der Waals surface area (Å²) in [6.45, 7) is 6.10. The maximum Gasteiger partial charge on any atom is 0.386 e. The molecule has 4 heteroatoms. The molecular formula is C9H15F3O. The zero-order chi connectivity index (χ0) is 10.9. The molecule has 0 radical (unpaired) electrons. The maximum absolute atomic E-state index is 10.4. The molecule has 78 valence electrons. The summed E-state index contributed by atoms with van der Waals surface area (Å²) < 4.78 is 35.9. The highest BCUT2D eigenvalue weighted by molar-refractivity contribution is 4.93. The van der Waals surface area contributed by atoms with Crippen molar-refractivity contribution in [1.29, 1.82) is 0 Å². The van der Waals surface area contributed by atoms with Crippen molar-refractivity contribution in [3.63, 3.8) is 0 Å². The first-order chi connectivity index (χ1) is 5.89. The minimum Gasteiger partial charge on any atom is -0.470 e. The van der Waals surface area contributed by atoms with E-state index in [1.807, 2.05) is 32.9 Å². The van der Waals surface area contributed by atoms with Crippen LogP contribution in [0.3, 0.4) is 0 Å². The number of aryl methyl sites for hydroxylation is 1. The zero-order valence-electron chi connectivity index (χ0n) is 8.27. The Kier molecular flexibility index (Phi) is 8.65. The highest BCUT2D eigenvalue weighted by Gasteiger charge is 2.15. The van der Waals surface area contributed by atoms with Crippen LogP contribution in [0.15, 0.2) is 22.8 Å². The Morgan fingerprint density at radius 1 is 1.23 bits per heavy atom. The minimum atomic E-state index is -4.00. The monoisotopic (exact) mass is 196 g/mol. The fourth-order valence-electron chi connectivity index (χ4n) is 0.361. The molecule has 0 N–H and O–H groups in total. The SMILES string of the molecule is CC.CC(F)(F)F.Cc1ccco1. The van der Waals surface area contributed by atoms with Crippen LogP contribution in [0.1, 0.15) is 26.5 Å². The van der Waals surface area contributed by atoms with Gasteiger partial charge in [-0.05, 0) is 19.1 Å². The first-order valence-electron chi connectivity index (χ1n) is 3.96. The van der Waals surface area contributed by atoms with Gasteiger partial charge < -0.3 is 4.42 Å². The molecule has 0 saturated carbocycles. The summed E-state index contributed by atoms with van der Waals surface area (Å²) >= 11 is 0. The number of rotatable bonds is 0. The summed E-state index contributed by atoms with van der Waals surface area (Å²) in [5.41, 5.74) is 0. The molecule has 0 amide bonds. The molecule has 1 aromatic rings. The third kappa shape index (κ3) is 24.7. The van der Waals surface area contributed by atoms with Crippen molar-refractivity contribution < 1.29 is 17.6 Å². The zero-order valence-corrected chi connectivity index (χ0v) is 8.27. The Balaban J connectivity index is 0. The highest BCUT2D eigenvalue weighted by atomic mass is 19.4. The van der Waals surface area contributed by atoms with E-state index in [9.17, 15) is 13.2 Å². The summed E-state index contributed by atoms with van der Waals surface area (Å²) in [7, 11) is 0. The van der Waals surface area contributed by atoms with Crippen LogP contribution < -0.4 is 0 Å². The lowest BCUT2D eigenvalue weighted by atomic mass is 10.5. The Morgan fingerprint density at radius 3 is 1.69 bits per heavy atom. The van der Waals surface area contributed by atoms with Gasteiger partial charge in [0.15, 0.2) is 0 Å². The molecule has 0 fully saturated rings. The maximum atomic E-state index is 10.4. The van der Waals surface area contributed by atoms with E-state index in [0.29, 0.717) is 0 Å². The average molecular weight is 196 g/mol. The second kappa shape index (κ2) is 7.71. The second-order valence-electron chi connectivity index (χ2n) is 2.00. The summed E-state index contributed by atoms with van der Waals surface area (Å²) in [5.74, 6) is 0.968. The van der Waals surface area contributed by atoms with Crippen LogP contribution in [0, 0.1) is 6.92 Å². The summed E-state index contributed by atoms with van der Waals surface area (Å²) in [6, 6.07) is 3.79. The quantitative estimate of drug-likeness (QED) is 0.606. The normalized spacial score (nSPS) is 9.15. The Morgan fingerprint density at radius 2 is 1.62 bits per heavy atom. The van der Waals surface area contributed by atoms with Crippen molar-refractivity contribution in [2.75, 3.05) is 0 Å². The molecule has 1 nitrogen and oxygen atoms in total. The first-order valence-corrected chi connectivity index (χ1v) is 3.96. The molecule has 0 aliphatic carbocycles. The van der Waals surface area contributed by atoms with Crippen molar-refractivity contribution in [3.8, 4) is 0 Å². The van der Waals surface area contributed by atoms with E-state index >= 15 is 0 Å². The Bertz CT molecular complexity index is 171. The molecule has 0 bridgehead atoms. The highest BCUT2D eigenvalue weighted by Crippen LogP contribution is 2.10. The van der Waals surface area contributed by atoms with Gasteiger partial charge in [0.2, 0.25) is 0 Å². The molecule has 0 atom stereocenters. The number of halogens is 3. The molecule has 0 unspecified atom stereocenters. The van der Waals surface area contributed by atoms with Gasteiger partial charge in [-0.25, -0.2) is 0 Å². The predicted molar refractivity (Wildman–Crippen MR) is 46.5 cm³/mol. The Labute approximate surface area is 76.6 Å². The molecular weight excluding hydrogens is 181 g/mol. The summed E-state index contributed by atoms with van der Waals surface area (Å²) in [6.07, 6.45) is -2.34. The fourth-order valence-corrected chi connectivity index (χ4v) is 0.361. The van der Waals surface area contributed by atoms with E-state index in [2.05, 4.69) is 0 Å². The van der Waals surface area contributed by atoms with Gasteiger partial charge >= 0.3 is 6.18 Å². The van der Waals surface area contributed by atoms with Crippen LogP contribution in [-0.4, -0.2) is 6.18 Å². The van der Waals surface area contributed by atoms with E-state index in [0.717, 1.165) is 5.76 Å². The van der Waals surface area contributed by atoms with Gasteiger partial charge in [-0.3, -0.25) is 0 Å². The topological polar surface area (TPSA) is 13.1 Å². The van der Waals surface area contributed by atoms with E-state index in [1.54, 1.807) is 6.26 Å². The van der Waals surface area contributed by atoms with Crippen LogP contribution in [0.2, 0.25) is 0 Å². The lowest BCUT2D eigenvalue weighted by molar-refractivity contribution is -0.110. The molecule has 0 spiro atoms. The van der Waals surface area contributed by atoms with Crippen molar-refractivity contribution in [2.24, 2.45) is 0 Å². The lowest BCUT2D eigenvalue weighted by Gasteiger charge is -1.88. The molecule has 0 saturated heterocycles. The van der Waals surface area contributed by atoms with Crippen LogP contribution in [0.25, 0.3) is 0 Å². The number of alkyl halides is 3. The van der Waals surface area contributed by atoms with Gasteiger partial charge in [0.05, 0.1) is 6.26 Å². The van der Waals surface area contributed by atoms with Crippen molar-refractivity contribution in [2.45, 2.75) is 33.9 Å². The van der Waals surface area contributed by atoms with E-state index < -0.39 is 6.18 Å². The van der Waals surface area contributed by atoms with Gasteiger partial charge in [-0.1, -0.05) is 13.8 Å². The minimum absolute atomic E-state index is 0.188. The van der Waals surface area contributed by atoms with Crippen LogP contribution in [0.5, 0.6) is 0 Å². The molecule has 0 aliphatic heterocycles. The van der Waals surface area contributed by atoms with Crippen molar-refractivity contribution in [1.82, 2.24) is 0 Å². The van der Waals surface area contributed by atoms with Gasteiger partial charge in [-0.2, -0.15) is 13.2 Å². The largest absolute Gasteiger partial charge is 0.470 e. The van der Waals surface area contributed by atoms with Crippen LogP contribution >= 0.6 is 0 Å². The number of hydrogen-bond acceptors (Lipinski definition) is 1. The number of furan rings is 1. The van der Waals surface area contributed by atoms with E-state index in [-0.39, 0.29) is 6.92 Å². The number of hydrogen-bond donors (Lipinski definition) is 0. The molecule has 1 aromatic heterocycles. The molecule has 0 aromatic carbocycles. The van der Waals surface area contributed by atoms with Gasteiger partial charge in [0.1, 0.15) is 5.76 Å². The van der Waals surface area contributed by atoms with Gasteiger partial charge in [0, 0.05) is 6.92 Å². The average Bonchev–Trinajstić information content (AvgIpc) is 2.40.